The first-order valence-electron chi connectivity index (χ1n) is 7.04. The van der Waals surface area contributed by atoms with Crippen LogP contribution >= 0.6 is 0 Å². The summed E-state index contributed by atoms with van der Waals surface area (Å²) in [4.78, 5) is 12.0. The zero-order valence-corrected chi connectivity index (χ0v) is 12.5. The molecule has 0 aliphatic carbocycles. The first-order chi connectivity index (χ1) is 8.50. The van der Waals surface area contributed by atoms with E-state index in [1.165, 1.54) is 0 Å². The highest BCUT2D eigenvalue weighted by Crippen LogP contribution is 2.17. The van der Waals surface area contributed by atoms with Crippen molar-refractivity contribution in [1.82, 2.24) is 5.32 Å². The van der Waals surface area contributed by atoms with Crippen LogP contribution in [0.2, 0.25) is 0 Å². The molecule has 4 heteroatoms. The fourth-order valence-electron chi connectivity index (χ4n) is 1.87. The van der Waals surface area contributed by atoms with E-state index in [2.05, 4.69) is 19.2 Å². The number of esters is 1. The molecule has 1 N–H and O–H groups in total. The molecule has 4 nitrogen and oxygen atoms in total. The molecule has 0 bridgehead atoms. The van der Waals surface area contributed by atoms with E-state index in [4.69, 9.17) is 9.47 Å². The molecule has 0 heterocycles. The monoisotopic (exact) mass is 259 g/mol. The van der Waals surface area contributed by atoms with E-state index in [0.717, 1.165) is 26.0 Å². The van der Waals surface area contributed by atoms with Gasteiger partial charge in [0.05, 0.1) is 12.7 Å². The normalized spacial score (nSPS) is 16.1. The molecule has 18 heavy (non-hydrogen) atoms. The fourth-order valence-corrected chi connectivity index (χ4v) is 1.87. The van der Waals surface area contributed by atoms with E-state index in [1.54, 1.807) is 0 Å². The van der Waals surface area contributed by atoms with Crippen LogP contribution in [0, 0.1) is 0 Å². The van der Waals surface area contributed by atoms with Gasteiger partial charge in [0.25, 0.3) is 0 Å². The highest BCUT2D eigenvalue weighted by molar-refractivity contribution is 5.80. The predicted octanol–water partition coefficient (Wildman–Crippen LogP) is 2.51. The van der Waals surface area contributed by atoms with Gasteiger partial charge in [-0.3, -0.25) is 4.79 Å². The number of hydrogen-bond donors (Lipinski definition) is 1. The lowest BCUT2D eigenvalue weighted by Crippen LogP contribution is -2.52. The average molecular weight is 259 g/mol. The van der Waals surface area contributed by atoms with Gasteiger partial charge in [-0.2, -0.15) is 0 Å². The Bertz CT molecular complexity index is 233. The van der Waals surface area contributed by atoms with Gasteiger partial charge in [0.15, 0.2) is 0 Å². The number of carbonyl (C=O) groups is 1. The number of nitrogens with one attached hydrogen (secondary N) is 1. The molecule has 0 saturated heterocycles. The minimum absolute atomic E-state index is 0.0451. The fraction of sp³-hybridized carbons (Fsp3) is 0.929. The van der Waals surface area contributed by atoms with Gasteiger partial charge >= 0.3 is 5.97 Å². The van der Waals surface area contributed by atoms with Crippen molar-refractivity contribution in [3.63, 3.8) is 0 Å². The molecule has 0 rings (SSSR count). The van der Waals surface area contributed by atoms with Gasteiger partial charge in [0.1, 0.15) is 5.54 Å². The van der Waals surface area contributed by atoms with Crippen molar-refractivity contribution in [2.75, 3.05) is 19.8 Å². The molecule has 0 aliphatic heterocycles. The Morgan fingerprint density at radius 1 is 1.28 bits per heavy atom. The van der Waals surface area contributed by atoms with E-state index in [-0.39, 0.29) is 12.1 Å². The predicted molar refractivity (Wildman–Crippen MR) is 73.7 cm³/mol. The average Bonchev–Trinajstić information content (AvgIpc) is 2.34. The van der Waals surface area contributed by atoms with Crippen LogP contribution in [-0.2, 0) is 14.3 Å². The highest BCUT2D eigenvalue weighted by atomic mass is 16.5. The zero-order valence-electron chi connectivity index (χ0n) is 12.5. The van der Waals surface area contributed by atoms with Crippen LogP contribution in [0.1, 0.15) is 53.9 Å². The van der Waals surface area contributed by atoms with Gasteiger partial charge in [-0.25, -0.2) is 0 Å². The lowest BCUT2D eigenvalue weighted by Gasteiger charge is -2.31. The molecular formula is C14H29NO3. The molecule has 0 amide bonds. The summed E-state index contributed by atoms with van der Waals surface area (Å²) in [5.41, 5.74) is -0.654. The van der Waals surface area contributed by atoms with Crippen LogP contribution in [0.25, 0.3) is 0 Å². The molecule has 108 valence electrons. The largest absolute Gasteiger partial charge is 0.465 e. The Hall–Kier alpha value is -0.610. The maximum atomic E-state index is 12.0. The molecule has 0 fully saturated rings. The molecular weight excluding hydrogens is 230 g/mol. The van der Waals surface area contributed by atoms with E-state index < -0.39 is 5.54 Å². The van der Waals surface area contributed by atoms with Crippen LogP contribution in [0.5, 0.6) is 0 Å². The molecule has 0 aromatic heterocycles. The van der Waals surface area contributed by atoms with Gasteiger partial charge in [0.2, 0.25) is 0 Å². The van der Waals surface area contributed by atoms with Gasteiger partial charge in [0, 0.05) is 13.0 Å². The molecule has 0 spiro atoms. The standard InChI is InChI=1S/C14H29NO3/c1-6-9-15-14(5,13(16)17-8-3)11-12(4)18-10-7-2/h12,15H,6-11H2,1-5H3. The van der Waals surface area contributed by atoms with Crippen molar-refractivity contribution in [3.05, 3.63) is 0 Å². The van der Waals surface area contributed by atoms with Gasteiger partial charge in [-0.1, -0.05) is 13.8 Å². The maximum absolute atomic E-state index is 12.0. The van der Waals surface area contributed by atoms with Crippen LogP contribution in [0.4, 0.5) is 0 Å². The summed E-state index contributed by atoms with van der Waals surface area (Å²) < 4.78 is 10.8. The number of ether oxygens (including phenoxy) is 2. The highest BCUT2D eigenvalue weighted by Gasteiger charge is 2.35. The molecule has 2 atom stereocenters. The first-order valence-corrected chi connectivity index (χ1v) is 7.04. The van der Waals surface area contributed by atoms with Crippen LogP contribution in [0.15, 0.2) is 0 Å². The Morgan fingerprint density at radius 2 is 1.94 bits per heavy atom. The third-order valence-corrected chi connectivity index (χ3v) is 2.79. The maximum Gasteiger partial charge on any atom is 0.326 e. The second-order valence-corrected chi connectivity index (χ2v) is 4.86. The first kappa shape index (κ1) is 17.4. The Morgan fingerprint density at radius 3 is 2.44 bits per heavy atom. The summed E-state index contributed by atoms with van der Waals surface area (Å²) in [6.45, 7) is 11.8. The zero-order chi connectivity index (χ0) is 14.0. The third-order valence-electron chi connectivity index (χ3n) is 2.79. The van der Waals surface area contributed by atoms with E-state index in [9.17, 15) is 4.79 Å². The van der Waals surface area contributed by atoms with Crippen molar-refractivity contribution >= 4 is 5.97 Å². The minimum atomic E-state index is -0.654. The summed E-state index contributed by atoms with van der Waals surface area (Å²) in [5.74, 6) is -0.189. The Kier molecular flexibility index (Phi) is 9.02. The summed E-state index contributed by atoms with van der Waals surface area (Å²) in [7, 11) is 0. The quantitative estimate of drug-likeness (QED) is 0.612. The van der Waals surface area contributed by atoms with Gasteiger partial charge < -0.3 is 14.8 Å². The molecule has 0 aliphatic rings. The molecule has 0 radical (unpaired) electrons. The number of rotatable bonds is 10. The van der Waals surface area contributed by atoms with E-state index in [0.29, 0.717) is 13.0 Å². The Labute approximate surface area is 111 Å². The van der Waals surface area contributed by atoms with Crippen molar-refractivity contribution in [3.8, 4) is 0 Å². The molecule has 0 aromatic rings. The van der Waals surface area contributed by atoms with Crippen molar-refractivity contribution in [1.29, 1.82) is 0 Å². The van der Waals surface area contributed by atoms with Crippen LogP contribution in [0.3, 0.4) is 0 Å². The number of hydrogen-bond acceptors (Lipinski definition) is 4. The van der Waals surface area contributed by atoms with Crippen molar-refractivity contribution in [2.45, 2.75) is 65.5 Å². The summed E-state index contributed by atoms with van der Waals surface area (Å²) in [6.07, 6.45) is 2.65. The van der Waals surface area contributed by atoms with Gasteiger partial charge in [-0.15, -0.1) is 0 Å². The van der Waals surface area contributed by atoms with Crippen molar-refractivity contribution in [2.24, 2.45) is 0 Å². The van der Waals surface area contributed by atoms with Crippen LogP contribution < -0.4 is 5.32 Å². The second-order valence-electron chi connectivity index (χ2n) is 4.86. The molecule has 2 unspecified atom stereocenters. The van der Waals surface area contributed by atoms with E-state index in [1.807, 2.05) is 20.8 Å². The van der Waals surface area contributed by atoms with Gasteiger partial charge in [-0.05, 0) is 40.2 Å². The Balaban J connectivity index is 4.49. The second kappa shape index (κ2) is 9.34. The minimum Gasteiger partial charge on any atom is -0.465 e. The lowest BCUT2D eigenvalue weighted by atomic mass is 9.94. The van der Waals surface area contributed by atoms with Crippen molar-refractivity contribution < 1.29 is 14.3 Å². The summed E-state index contributed by atoms with van der Waals surface area (Å²) in [5, 5.41) is 3.28. The van der Waals surface area contributed by atoms with Crippen LogP contribution in [-0.4, -0.2) is 37.4 Å². The summed E-state index contributed by atoms with van der Waals surface area (Å²) in [6, 6.07) is 0. The lowest BCUT2D eigenvalue weighted by molar-refractivity contribution is -0.152. The smallest absolute Gasteiger partial charge is 0.326 e. The SMILES string of the molecule is CCCNC(C)(CC(C)OCCC)C(=O)OCC. The summed E-state index contributed by atoms with van der Waals surface area (Å²) >= 11 is 0. The van der Waals surface area contributed by atoms with E-state index >= 15 is 0 Å². The molecule has 0 aromatic carbocycles. The topological polar surface area (TPSA) is 47.6 Å². The number of carbonyl (C=O) groups excluding carboxylic acids is 1. The third kappa shape index (κ3) is 6.36. The molecule has 0 saturated carbocycles.